The van der Waals surface area contributed by atoms with Crippen molar-refractivity contribution in [3.8, 4) is 11.5 Å². The molecule has 0 radical (unpaired) electrons. The molecule has 0 bridgehead atoms. The second-order valence-electron chi connectivity index (χ2n) is 8.76. The van der Waals surface area contributed by atoms with Crippen LogP contribution in [0.3, 0.4) is 0 Å². The number of nitro benzene ring substituents is 1. The van der Waals surface area contributed by atoms with Crippen LogP contribution in [-0.4, -0.2) is 35.8 Å². The maximum absolute atomic E-state index is 13.7. The minimum Gasteiger partial charge on any atom is -0.493 e. The Balaban J connectivity index is 1.87. The summed E-state index contributed by atoms with van der Waals surface area (Å²) in [5, 5.41) is 11.0. The lowest BCUT2D eigenvalue weighted by molar-refractivity contribution is -0.384. The molecule has 1 aliphatic heterocycles. The number of fused-ring (bicyclic) bond motifs is 1. The lowest BCUT2D eigenvalue weighted by Crippen LogP contribution is -2.40. The number of ether oxygens (including phenoxy) is 3. The van der Waals surface area contributed by atoms with E-state index in [1.165, 1.54) is 35.1 Å². The normalized spacial score (nSPS) is 15.0. The van der Waals surface area contributed by atoms with Crippen LogP contribution >= 0.6 is 11.3 Å². The molecule has 0 spiro atoms. The van der Waals surface area contributed by atoms with Crippen LogP contribution in [0.15, 0.2) is 63.5 Å². The lowest BCUT2D eigenvalue weighted by atomic mass is 9.95. The Hall–Kier alpha value is -4.25. The number of carbonyl (C=O) groups excluding carboxylic acids is 1. The van der Waals surface area contributed by atoms with E-state index < -0.39 is 16.9 Å². The van der Waals surface area contributed by atoms with Gasteiger partial charge in [0.1, 0.15) is 0 Å². The largest absolute Gasteiger partial charge is 0.493 e. The second-order valence-corrected chi connectivity index (χ2v) is 9.77. The van der Waals surface area contributed by atoms with Gasteiger partial charge in [-0.2, -0.15) is 0 Å². The maximum Gasteiger partial charge on any atom is 0.338 e. The number of benzene rings is 2. The van der Waals surface area contributed by atoms with Crippen LogP contribution < -0.4 is 24.4 Å². The second kappa shape index (κ2) is 12.1. The third kappa shape index (κ3) is 5.78. The van der Waals surface area contributed by atoms with Gasteiger partial charge in [0, 0.05) is 12.1 Å². The predicted octanol–water partition coefficient (Wildman–Crippen LogP) is 3.89. The average Bonchev–Trinajstić information content (AvgIpc) is 3.22. The number of aromatic nitrogens is 1. The van der Waals surface area contributed by atoms with Gasteiger partial charge >= 0.3 is 5.97 Å². The van der Waals surface area contributed by atoms with Gasteiger partial charge in [0.2, 0.25) is 0 Å². The fourth-order valence-corrected chi connectivity index (χ4v) is 5.30. The summed E-state index contributed by atoms with van der Waals surface area (Å²) in [5.41, 5.74) is 1.57. The van der Waals surface area contributed by atoms with E-state index in [4.69, 9.17) is 14.2 Å². The summed E-state index contributed by atoms with van der Waals surface area (Å²) >= 11 is 1.18. The quantitative estimate of drug-likeness (QED) is 0.162. The molecule has 1 atom stereocenters. The first-order chi connectivity index (χ1) is 18.8. The van der Waals surface area contributed by atoms with Gasteiger partial charge in [-0.1, -0.05) is 30.7 Å². The Morgan fingerprint density at radius 2 is 1.92 bits per heavy atom. The molecule has 0 aliphatic carbocycles. The van der Waals surface area contributed by atoms with E-state index in [2.05, 4.69) is 11.9 Å². The number of hydrogen-bond acceptors (Lipinski definition) is 9. The Kier molecular flexibility index (Phi) is 8.60. The summed E-state index contributed by atoms with van der Waals surface area (Å²) in [6.07, 6.45) is 3.53. The van der Waals surface area contributed by atoms with Gasteiger partial charge in [-0.15, -0.1) is 0 Å². The van der Waals surface area contributed by atoms with Gasteiger partial charge in [-0.3, -0.25) is 19.5 Å². The van der Waals surface area contributed by atoms with Crippen molar-refractivity contribution in [1.29, 1.82) is 0 Å². The number of allylic oxidation sites excluding steroid dienone is 1. The third-order valence-corrected chi connectivity index (χ3v) is 7.16. The maximum atomic E-state index is 13.7. The number of methoxy groups -OCH3 is 1. The molecule has 2 aromatic carbocycles. The molecule has 1 unspecified atom stereocenters. The Morgan fingerprint density at radius 1 is 1.18 bits per heavy atom. The topological polar surface area (TPSA) is 122 Å². The number of unbranched alkanes of at least 4 members (excludes halogenated alkanes) is 1. The molecule has 3 aromatic rings. The number of non-ortho nitro benzene ring substituents is 1. The van der Waals surface area contributed by atoms with E-state index in [1.807, 2.05) is 0 Å². The monoisotopic (exact) mass is 551 g/mol. The Morgan fingerprint density at radius 3 is 2.56 bits per heavy atom. The number of carbonyl (C=O) groups is 1. The van der Waals surface area contributed by atoms with Gasteiger partial charge in [-0.25, -0.2) is 9.79 Å². The zero-order chi connectivity index (χ0) is 28.1. The summed E-state index contributed by atoms with van der Waals surface area (Å²) in [6.45, 7) is 6.21. The molecule has 1 aromatic heterocycles. The first-order valence-electron chi connectivity index (χ1n) is 12.5. The van der Waals surface area contributed by atoms with Crippen molar-refractivity contribution in [3.05, 3.63) is 94.7 Å². The van der Waals surface area contributed by atoms with Gasteiger partial charge in [0.05, 0.1) is 47.1 Å². The molecule has 0 saturated heterocycles. The minimum absolute atomic E-state index is 0.0422. The SMILES string of the molecule is CCCCOc1ccc(C2C(C(=O)OCC)=C(C)N=c3sc(=Cc4ccc([N+](=O)[O-])cc4)c(=O)n32)cc1OC. The highest BCUT2D eigenvalue weighted by Crippen LogP contribution is 2.36. The molecule has 0 N–H and O–H groups in total. The molecule has 0 amide bonds. The smallest absolute Gasteiger partial charge is 0.338 e. The van der Waals surface area contributed by atoms with E-state index >= 15 is 0 Å². The minimum atomic E-state index is -0.807. The van der Waals surface area contributed by atoms with Crippen LogP contribution in [0.1, 0.15) is 50.8 Å². The number of hydrogen-bond donors (Lipinski definition) is 0. The molecule has 10 nitrogen and oxygen atoms in total. The van der Waals surface area contributed by atoms with Crippen molar-refractivity contribution in [1.82, 2.24) is 4.57 Å². The van der Waals surface area contributed by atoms with Crippen LogP contribution in [-0.2, 0) is 9.53 Å². The summed E-state index contributed by atoms with van der Waals surface area (Å²) in [4.78, 5) is 42.4. The molecule has 0 saturated carbocycles. The first-order valence-corrected chi connectivity index (χ1v) is 13.4. The van der Waals surface area contributed by atoms with Crippen LogP contribution in [0.5, 0.6) is 11.5 Å². The van der Waals surface area contributed by atoms with Crippen molar-refractivity contribution in [2.45, 2.75) is 39.7 Å². The number of nitrogens with zero attached hydrogens (tertiary/aromatic N) is 3. The van der Waals surface area contributed by atoms with Crippen LogP contribution in [0.4, 0.5) is 5.69 Å². The van der Waals surface area contributed by atoms with Gasteiger partial charge in [-0.05, 0) is 61.7 Å². The van der Waals surface area contributed by atoms with E-state index in [1.54, 1.807) is 50.3 Å². The lowest BCUT2D eigenvalue weighted by Gasteiger charge is -2.25. The van der Waals surface area contributed by atoms with Crippen molar-refractivity contribution < 1.29 is 23.9 Å². The summed E-state index contributed by atoms with van der Waals surface area (Å²) < 4.78 is 18.7. The number of nitro groups is 1. The Labute approximate surface area is 228 Å². The molecular weight excluding hydrogens is 522 g/mol. The van der Waals surface area contributed by atoms with Crippen molar-refractivity contribution in [3.63, 3.8) is 0 Å². The van der Waals surface area contributed by atoms with Crippen molar-refractivity contribution >= 4 is 29.1 Å². The highest BCUT2D eigenvalue weighted by atomic mass is 32.1. The molecule has 4 rings (SSSR count). The molecule has 11 heteroatoms. The summed E-state index contributed by atoms with van der Waals surface area (Å²) in [7, 11) is 1.54. The predicted molar refractivity (Wildman–Crippen MR) is 147 cm³/mol. The Bertz CT molecular complexity index is 1600. The van der Waals surface area contributed by atoms with E-state index in [0.29, 0.717) is 44.3 Å². The highest BCUT2D eigenvalue weighted by molar-refractivity contribution is 7.07. The standard InChI is InChI=1S/C28H29N3O7S/c1-5-7-14-38-21-13-10-19(16-22(21)36-4)25-24(27(33)37-6-2)17(3)29-28-30(25)26(32)23(39-28)15-18-8-11-20(12-9-18)31(34)35/h8-13,15-16,25H,5-7,14H2,1-4H3. The first kappa shape index (κ1) is 27.8. The average molecular weight is 552 g/mol. The molecule has 0 fully saturated rings. The zero-order valence-corrected chi connectivity index (χ0v) is 22.9. The van der Waals surface area contributed by atoms with Gasteiger partial charge in [0.25, 0.3) is 11.2 Å². The van der Waals surface area contributed by atoms with Gasteiger partial charge < -0.3 is 14.2 Å². The summed E-state index contributed by atoms with van der Waals surface area (Å²) in [5.74, 6) is 0.490. The van der Waals surface area contributed by atoms with Crippen molar-refractivity contribution in [2.24, 2.45) is 4.99 Å². The van der Waals surface area contributed by atoms with E-state index in [-0.39, 0.29) is 23.4 Å². The van der Waals surface area contributed by atoms with E-state index in [9.17, 15) is 19.7 Å². The van der Waals surface area contributed by atoms with Crippen LogP contribution in [0, 0.1) is 10.1 Å². The molecule has 2 heterocycles. The molecular formula is C28H29N3O7S. The fourth-order valence-electron chi connectivity index (χ4n) is 4.25. The molecule has 204 valence electrons. The van der Waals surface area contributed by atoms with Gasteiger partial charge in [0.15, 0.2) is 16.3 Å². The third-order valence-electron chi connectivity index (χ3n) is 6.18. The molecule has 1 aliphatic rings. The highest BCUT2D eigenvalue weighted by Gasteiger charge is 2.34. The number of thiazole rings is 1. The van der Waals surface area contributed by atoms with Crippen LogP contribution in [0.25, 0.3) is 6.08 Å². The van der Waals surface area contributed by atoms with E-state index in [0.717, 1.165) is 12.8 Å². The number of esters is 1. The van der Waals surface area contributed by atoms with Crippen LogP contribution in [0.2, 0.25) is 0 Å². The molecule has 39 heavy (non-hydrogen) atoms. The van der Waals surface area contributed by atoms with Crippen molar-refractivity contribution in [2.75, 3.05) is 20.3 Å². The zero-order valence-electron chi connectivity index (χ0n) is 22.1. The number of rotatable bonds is 10. The fraction of sp³-hybridized carbons (Fsp3) is 0.321. The summed E-state index contributed by atoms with van der Waals surface area (Å²) in [6, 6.07) is 10.4.